The van der Waals surface area contributed by atoms with Crippen LogP contribution in [0.25, 0.3) is 0 Å². The molecule has 0 saturated carbocycles. The number of rotatable bonds is 4. The van der Waals surface area contributed by atoms with Gasteiger partial charge in [-0.05, 0) is 24.3 Å². The third-order valence-corrected chi connectivity index (χ3v) is 3.39. The molecular weight excluding hydrogens is 338 g/mol. The van der Waals surface area contributed by atoms with Crippen LogP contribution < -0.4 is 10.5 Å². The van der Waals surface area contributed by atoms with Gasteiger partial charge in [-0.2, -0.15) is 0 Å². The predicted octanol–water partition coefficient (Wildman–Crippen LogP) is 4.42. The van der Waals surface area contributed by atoms with Gasteiger partial charge < -0.3 is 10.5 Å². The van der Waals surface area contributed by atoms with E-state index in [-0.39, 0.29) is 30.3 Å². The summed E-state index contributed by atoms with van der Waals surface area (Å²) in [7, 11) is 0. The van der Waals surface area contributed by atoms with Gasteiger partial charge in [0.1, 0.15) is 24.0 Å². The van der Waals surface area contributed by atoms with Crippen molar-refractivity contribution in [2.45, 2.75) is 6.61 Å². The molecular formula is C14H12Cl3FN2O. The van der Waals surface area contributed by atoms with E-state index in [0.717, 1.165) is 0 Å². The van der Waals surface area contributed by atoms with Crippen molar-refractivity contribution in [1.82, 2.24) is 0 Å². The van der Waals surface area contributed by atoms with Gasteiger partial charge in [0, 0.05) is 15.6 Å². The predicted molar refractivity (Wildman–Crippen MR) is 85.5 cm³/mol. The lowest BCUT2D eigenvalue weighted by molar-refractivity contribution is 0.304. The molecule has 0 aromatic heterocycles. The molecule has 2 aromatic carbocycles. The van der Waals surface area contributed by atoms with E-state index in [1.807, 2.05) is 0 Å². The monoisotopic (exact) mass is 348 g/mol. The Morgan fingerprint density at radius 3 is 2.29 bits per heavy atom. The summed E-state index contributed by atoms with van der Waals surface area (Å²) in [6.45, 7) is 0.0578. The molecule has 0 aliphatic heterocycles. The minimum atomic E-state index is -0.611. The first-order valence-corrected chi connectivity index (χ1v) is 6.45. The Morgan fingerprint density at radius 1 is 1.14 bits per heavy atom. The van der Waals surface area contributed by atoms with Crippen LogP contribution in [0.2, 0.25) is 10.0 Å². The van der Waals surface area contributed by atoms with E-state index in [4.69, 9.17) is 39.1 Å². The van der Waals surface area contributed by atoms with Crippen molar-refractivity contribution in [1.29, 1.82) is 5.41 Å². The van der Waals surface area contributed by atoms with Crippen LogP contribution in [0.15, 0.2) is 36.4 Å². The number of hydrogen-bond donors (Lipinski definition) is 2. The Kier molecular flexibility index (Phi) is 6.27. The zero-order valence-corrected chi connectivity index (χ0v) is 13.0. The largest absolute Gasteiger partial charge is 0.488 e. The van der Waals surface area contributed by atoms with Crippen molar-refractivity contribution in [3.8, 4) is 5.75 Å². The van der Waals surface area contributed by atoms with Crippen molar-refractivity contribution in [3.63, 3.8) is 0 Å². The Hall–Kier alpha value is -1.49. The number of benzene rings is 2. The maximum absolute atomic E-state index is 13.6. The average Bonchev–Trinajstić information content (AvgIpc) is 2.37. The smallest absolute Gasteiger partial charge is 0.137 e. The molecule has 0 aliphatic rings. The quantitative estimate of drug-likeness (QED) is 0.634. The Balaban J connectivity index is 0.00000220. The molecule has 2 rings (SSSR count). The van der Waals surface area contributed by atoms with Gasteiger partial charge in [-0.1, -0.05) is 35.3 Å². The van der Waals surface area contributed by atoms with Crippen molar-refractivity contribution < 1.29 is 9.13 Å². The Morgan fingerprint density at radius 2 is 1.71 bits per heavy atom. The van der Waals surface area contributed by atoms with Crippen molar-refractivity contribution in [3.05, 3.63) is 63.4 Å². The first kappa shape index (κ1) is 17.6. The number of nitrogens with two attached hydrogens (primary N) is 1. The maximum atomic E-state index is 13.6. The molecule has 3 nitrogen and oxygen atoms in total. The molecule has 0 saturated heterocycles. The highest BCUT2D eigenvalue weighted by Gasteiger charge is 2.14. The van der Waals surface area contributed by atoms with Crippen LogP contribution in [0.4, 0.5) is 4.39 Å². The van der Waals surface area contributed by atoms with Crippen LogP contribution in [-0.4, -0.2) is 5.84 Å². The van der Waals surface area contributed by atoms with E-state index in [9.17, 15) is 4.39 Å². The molecule has 7 heteroatoms. The molecule has 112 valence electrons. The molecule has 0 amide bonds. The van der Waals surface area contributed by atoms with Crippen LogP contribution in [-0.2, 0) is 6.61 Å². The molecule has 2 aromatic rings. The van der Waals surface area contributed by atoms with Crippen LogP contribution in [0.5, 0.6) is 5.75 Å². The summed E-state index contributed by atoms with van der Waals surface area (Å²) in [6.07, 6.45) is 0. The lowest BCUT2D eigenvalue weighted by Gasteiger charge is -2.13. The summed E-state index contributed by atoms with van der Waals surface area (Å²) < 4.78 is 19.1. The first-order valence-electron chi connectivity index (χ1n) is 5.69. The summed E-state index contributed by atoms with van der Waals surface area (Å²) in [5.41, 5.74) is 5.87. The second-order valence-electron chi connectivity index (χ2n) is 4.02. The fourth-order valence-electron chi connectivity index (χ4n) is 1.71. The van der Waals surface area contributed by atoms with Gasteiger partial charge in [-0.3, -0.25) is 5.41 Å². The van der Waals surface area contributed by atoms with Crippen molar-refractivity contribution in [2.75, 3.05) is 0 Å². The summed E-state index contributed by atoms with van der Waals surface area (Å²) in [5, 5.41) is 8.30. The zero-order chi connectivity index (χ0) is 14.7. The summed E-state index contributed by atoms with van der Waals surface area (Å²) in [5.74, 6) is -0.836. The molecule has 0 radical (unpaired) electrons. The fraction of sp³-hybridized carbons (Fsp3) is 0.0714. The van der Waals surface area contributed by atoms with Gasteiger partial charge in [0.25, 0.3) is 0 Å². The number of amidine groups is 1. The molecule has 0 atom stereocenters. The number of halogens is 4. The molecule has 0 bridgehead atoms. The van der Waals surface area contributed by atoms with Crippen LogP contribution in [0, 0.1) is 11.2 Å². The van der Waals surface area contributed by atoms with Crippen molar-refractivity contribution in [2.24, 2.45) is 5.73 Å². The fourth-order valence-corrected chi connectivity index (χ4v) is 2.21. The van der Waals surface area contributed by atoms with Gasteiger partial charge in [0.05, 0.1) is 5.56 Å². The lowest BCUT2D eigenvalue weighted by Crippen LogP contribution is -2.15. The molecule has 3 N–H and O–H groups in total. The van der Waals surface area contributed by atoms with Crippen LogP contribution in [0.1, 0.15) is 11.1 Å². The molecule has 0 aliphatic carbocycles. The third kappa shape index (κ3) is 4.00. The SMILES string of the molecule is Cl.N=C(N)c1c(F)cccc1OCc1c(Cl)cccc1Cl. The van der Waals surface area contributed by atoms with Crippen molar-refractivity contribution >= 4 is 41.4 Å². The average molecular weight is 350 g/mol. The summed E-state index contributed by atoms with van der Waals surface area (Å²) in [6, 6.07) is 9.31. The van der Waals surface area contributed by atoms with E-state index >= 15 is 0 Å². The van der Waals surface area contributed by atoms with Gasteiger partial charge in [0.2, 0.25) is 0 Å². The molecule has 0 heterocycles. The second-order valence-corrected chi connectivity index (χ2v) is 4.83. The van der Waals surface area contributed by atoms with Gasteiger partial charge in [0.15, 0.2) is 0 Å². The maximum Gasteiger partial charge on any atom is 0.137 e. The minimum Gasteiger partial charge on any atom is -0.488 e. The molecule has 21 heavy (non-hydrogen) atoms. The van der Waals surface area contributed by atoms with E-state index < -0.39 is 11.7 Å². The second kappa shape index (κ2) is 7.50. The Bertz CT molecular complexity index is 644. The highest BCUT2D eigenvalue weighted by atomic mass is 35.5. The minimum absolute atomic E-state index is 0. The van der Waals surface area contributed by atoms with Crippen LogP contribution in [0.3, 0.4) is 0 Å². The van der Waals surface area contributed by atoms with E-state index in [2.05, 4.69) is 0 Å². The van der Waals surface area contributed by atoms with Gasteiger partial charge in [-0.15, -0.1) is 12.4 Å². The number of hydrogen-bond acceptors (Lipinski definition) is 2. The summed E-state index contributed by atoms with van der Waals surface area (Å²) in [4.78, 5) is 0. The molecule has 0 unspecified atom stereocenters. The standard InChI is InChI=1S/C14H11Cl2FN2O.ClH/c15-9-3-1-4-10(16)8(9)7-20-12-6-2-5-11(17)13(12)14(18)19;/h1-6H,7H2,(H3,18,19);1H. The van der Waals surface area contributed by atoms with E-state index in [1.54, 1.807) is 18.2 Å². The normalized spacial score (nSPS) is 9.86. The topological polar surface area (TPSA) is 59.1 Å². The lowest BCUT2D eigenvalue weighted by atomic mass is 10.1. The van der Waals surface area contributed by atoms with Gasteiger partial charge >= 0.3 is 0 Å². The van der Waals surface area contributed by atoms with Crippen LogP contribution >= 0.6 is 35.6 Å². The highest BCUT2D eigenvalue weighted by molar-refractivity contribution is 6.35. The van der Waals surface area contributed by atoms with E-state index in [1.165, 1.54) is 18.2 Å². The van der Waals surface area contributed by atoms with E-state index in [0.29, 0.717) is 15.6 Å². The van der Waals surface area contributed by atoms with Gasteiger partial charge in [-0.25, -0.2) is 4.39 Å². The molecule has 0 spiro atoms. The summed E-state index contributed by atoms with van der Waals surface area (Å²) >= 11 is 12.0. The number of nitrogens with one attached hydrogen (secondary N) is 1. The number of ether oxygens (including phenoxy) is 1. The zero-order valence-electron chi connectivity index (χ0n) is 10.7. The Labute approximate surface area is 137 Å². The first-order chi connectivity index (χ1) is 9.50. The highest BCUT2D eigenvalue weighted by Crippen LogP contribution is 2.27. The number of nitrogen functional groups attached to an aromatic ring is 1. The molecule has 0 fully saturated rings. The third-order valence-electron chi connectivity index (χ3n) is 2.68.